The highest BCUT2D eigenvalue weighted by atomic mass is 16.2. The summed E-state index contributed by atoms with van der Waals surface area (Å²) in [5.74, 6) is 0.0917. The fraction of sp³-hybridized carbons (Fsp3) is 0.300. The van der Waals surface area contributed by atoms with Crippen LogP contribution in [0, 0.1) is 0 Å². The third-order valence-corrected chi connectivity index (χ3v) is 4.15. The normalized spacial score (nSPS) is 14.2. The molecular weight excluding hydrogens is 284 g/mol. The first-order chi connectivity index (χ1) is 11.3. The van der Waals surface area contributed by atoms with Gasteiger partial charge in [-0.1, -0.05) is 55.5 Å². The molecule has 3 nitrogen and oxygen atoms in total. The molecule has 2 aromatic rings. The van der Waals surface area contributed by atoms with Crippen LogP contribution in [0.5, 0.6) is 0 Å². The molecule has 118 valence electrons. The van der Waals surface area contributed by atoms with Crippen molar-refractivity contribution in [2.75, 3.05) is 18.0 Å². The van der Waals surface area contributed by atoms with Gasteiger partial charge in [0.25, 0.3) is 0 Å². The number of benzene rings is 2. The predicted molar refractivity (Wildman–Crippen MR) is 95.3 cm³/mol. The number of carbonyl (C=O) groups is 1. The maximum absolute atomic E-state index is 12.4. The van der Waals surface area contributed by atoms with E-state index < -0.39 is 0 Å². The maximum atomic E-state index is 12.4. The quantitative estimate of drug-likeness (QED) is 0.825. The standard InChI is InChI=1S/C20H22N2O/c1-2-14-22-19-11-7-6-10-17(19)18(21-15-20(22)23)13-12-16-8-4-3-5-9-16/h3-11H,2,12-15H2,1H3. The largest absolute Gasteiger partial charge is 0.310 e. The molecule has 1 amide bonds. The lowest BCUT2D eigenvalue weighted by molar-refractivity contribution is -0.117. The van der Waals surface area contributed by atoms with E-state index in [1.807, 2.05) is 29.2 Å². The number of rotatable bonds is 5. The minimum absolute atomic E-state index is 0.0917. The molecule has 0 N–H and O–H groups in total. The monoisotopic (exact) mass is 306 g/mol. The number of aryl methyl sites for hydroxylation is 1. The van der Waals surface area contributed by atoms with E-state index in [1.165, 1.54) is 5.56 Å². The fourth-order valence-corrected chi connectivity index (χ4v) is 3.01. The van der Waals surface area contributed by atoms with Gasteiger partial charge < -0.3 is 4.90 Å². The zero-order valence-electron chi connectivity index (χ0n) is 13.5. The van der Waals surface area contributed by atoms with E-state index in [9.17, 15) is 4.79 Å². The first kappa shape index (κ1) is 15.5. The summed E-state index contributed by atoms with van der Waals surface area (Å²) in [5.41, 5.74) is 4.44. The van der Waals surface area contributed by atoms with Gasteiger partial charge in [0.05, 0.1) is 5.69 Å². The molecular formula is C20H22N2O. The number of hydrogen-bond donors (Lipinski definition) is 0. The van der Waals surface area contributed by atoms with Crippen molar-refractivity contribution in [1.29, 1.82) is 0 Å². The Kier molecular flexibility index (Phi) is 4.86. The van der Waals surface area contributed by atoms with Gasteiger partial charge in [-0.25, -0.2) is 0 Å². The van der Waals surface area contributed by atoms with Crippen LogP contribution < -0.4 is 4.90 Å². The van der Waals surface area contributed by atoms with E-state index in [4.69, 9.17) is 0 Å². The number of aliphatic imine (C=N–C) groups is 1. The summed E-state index contributed by atoms with van der Waals surface area (Å²) >= 11 is 0. The zero-order chi connectivity index (χ0) is 16.1. The van der Waals surface area contributed by atoms with Gasteiger partial charge in [-0.15, -0.1) is 0 Å². The van der Waals surface area contributed by atoms with E-state index >= 15 is 0 Å². The second-order valence-electron chi connectivity index (χ2n) is 5.81. The van der Waals surface area contributed by atoms with Gasteiger partial charge in [-0.2, -0.15) is 0 Å². The Morgan fingerprint density at radius 3 is 2.52 bits per heavy atom. The molecule has 3 heteroatoms. The third kappa shape index (κ3) is 3.50. The van der Waals surface area contributed by atoms with Crippen LogP contribution in [-0.4, -0.2) is 24.7 Å². The first-order valence-electron chi connectivity index (χ1n) is 8.26. The van der Waals surface area contributed by atoms with Crippen LogP contribution in [0.15, 0.2) is 59.6 Å². The molecule has 23 heavy (non-hydrogen) atoms. The summed E-state index contributed by atoms with van der Waals surface area (Å²) in [7, 11) is 0. The lowest BCUT2D eigenvalue weighted by Gasteiger charge is -2.22. The van der Waals surface area contributed by atoms with Crippen molar-refractivity contribution in [2.45, 2.75) is 26.2 Å². The van der Waals surface area contributed by atoms with Crippen molar-refractivity contribution in [3.63, 3.8) is 0 Å². The topological polar surface area (TPSA) is 32.7 Å². The first-order valence-corrected chi connectivity index (χ1v) is 8.26. The Balaban J connectivity index is 1.87. The minimum Gasteiger partial charge on any atom is -0.310 e. The number of hydrogen-bond acceptors (Lipinski definition) is 2. The number of carbonyl (C=O) groups excluding carboxylic acids is 1. The summed E-state index contributed by atoms with van der Waals surface area (Å²) < 4.78 is 0. The van der Waals surface area contributed by atoms with Gasteiger partial charge in [-0.3, -0.25) is 9.79 Å². The van der Waals surface area contributed by atoms with E-state index in [0.29, 0.717) is 0 Å². The minimum atomic E-state index is 0.0917. The average molecular weight is 306 g/mol. The van der Waals surface area contributed by atoms with Gasteiger partial charge in [-0.05, 0) is 30.9 Å². The Morgan fingerprint density at radius 2 is 1.74 bits per heavy atom. The highest BCUT2D eigenvalue weighted by Gasteiger charge is 2.23. The highest BCUT2D eigenvalue weighted by molar-refractivity contribution is 6.11. The number of nitrogens with zero attached hydrogens (tertiary/aromatic N) is 2. The van der Waals surface area contributed by atoms with Gasteiger partial charge in [0, 0.05) is 17.8 Å². The molecule has 0 atom stereocenters. The molecule has 0 aliphatic carbocycles. The Morgan fingerprint density at radius 1 is 1.00 bits per heavy atom. The maximum Gasteiger partial charge on any atom is 0.248 e. The molecule has 0 unspecified atom stereocenters. The average Bonchev–Trinajstić information content (AvgIpc) is 2.73. The molecule has 0 fully saturated rings. The van der Waals surface area contributed by atoms with Crippen molar-refractivity contribution in [2.24, 2.45) is 4.99 Å². The predicted octanol–water partition coefficient (Wildman–Crippen LogP) is 3.87. The molecule has 3 rings (SSSR count). The summed E-state index contributed by atoms with van der Waals surface area (Å²) in [6.07, 6.45) is 2.74. The Bertz CT molecular complexity index is 707. The second-order valence-corrected chi connectivity index (χ2v) is 5.81. The van der Waals surface area contributed by atoms with Crippen molar-refractivity contribution in [3.8, 4) is 0 Å². The van der Waals surface area contributed by atoms with Crippen LogP contribution in [-0.2, 0) is 11.2 Å². The molecule has 1 aliphatic heterocycles. The van der Waals surface area contributed by atoms with Crippen LogP contribution in [0.1, 0.15) is 30.9 Å². The molecule has 2 aromatic carbocycles. The summed E-state index contributed by atoms with van der Waals surface area (Å²) in [5, 5.41) is 0. The van der Waals surface area contributed by atoms with E-state index in [1.54, 1.807) is 0 Å². The van der Waals surface area contributed by atoms with Crippen LogP contribution in [0.3, 0.4) is 0 Å². The van der Waals surface area contributed by atoms with Gasteiger partial charge in [0.2, 0.25) is 5.91 Å². The molecule has 1 aliphatic rings. The second kappa shape index (κ2) is 7.23. The summed E-state index contributed by atoms with van der Waals surface area (Å²) in [6.45, 7) is 3.09. The molecule has 0 aromatic heterocycles. The van der Waals surface area contributed by atoms with E-state index in [-0.39, 0.29) is 12.5 Å². The van der Waals surface area contributed by atoms with Crippen molar-refractivity contribution in [1.82, 2.24) is 0 Å². The number of para-hydroxylation sites is 1. The SMILES string of the molecule is CCCN1C(=O)CN=C(CCc2ccccc2)c2ccccc21. The number of fused-ring (bicyclic) bond motifs is 1. The van der Waals surface area contributed by atoms with Gasteiger partial charge in [0.15, 0.2) is 0 Å². The third-order valence-electron chi connectivity index (χ3n) is 4.15. The van der Waals surface area contributed by atoms with Gasteiger partial charge in [0.1, 0.15) is 6.54 Å². The van der Waals surface area contributed by atoms with Crippen molar-refractivity contribution < 1.29 is 4.79 Å². The van der Waals surface area contributed by atoms with Crippen LogP contribution in [0.2, 0.25) is 0 Å². The Hall–Kier alpha value is -2.42. The lowest BCUT2D eigenvalue weighted by atomic mass is 10.00. The molecule has 0 bridgehead atoms. The molecule has 0 saturated heterocycles. The fourth-order valence-electron chi connectivity index (χ4n) is 3.01. The Labute approximate surface area is 137 Å². The number of anilines is 1. The molecule has 0 saturated carbocycles. The van der Waals surface area contributed by atoms with Crippen molar-refractivity contribution in [3.05, 3.63) is 65.7 Å². The molecule has 0 radical (unpaired) electrons. The van der Waals surface area contributed by atoms with E-state index in [2.05, 4.69) is 42.2 Å². The van der Waals surface area contributed by atoms with Crippen molar-refractivity contribution >= 4 is 17.3 Å². The highest BCUT2D eigenvalue weighted by Crippen LogP contribution is 2.26. The van der Waals surface area contributed by atoms with Gasteiger partial charge >= 0.3 is 0 Å². The van der Waals surface area contributed by atoms with E-state index in [0.717, 1.165) is 42.8 Å². The summed E-state index contributed by atoms with van der Waals surface area (Å²) in [6, 6.07) is 18.6. The molecule has 1 heterocycles. The number of amides is 1. The smallest absolute Gasteiger partial charge is 0.248 e. The number of benzodiazepines with no additional fused rings is 1. The molecule has 0 spiro atoms. The lowest BCUT2D eigenvalue weighted by Crippen LogP contribution is -2.33. The van der Waals surface area contributed by atoms with Crippen LogP contribution in [0.25, 0.3) is 0 Å². The van der Waals surface area contributed by atoms with Crippen LogP contribution >= 0.6 is 0 Å². The zero-order valence-corrected chi connectivity index (χ0v) is 13.5. The summed E-state index contributed by atoms with van der Waals surface area (Å²) in [4.78, 5) is 18.9. The van der Waals surface area contributed by atoms with Crippen LogP contribution in [0.4, 0.5) is 5.69 Å².